The van der Waals surface area contributed by atoms with Gasteiger partial charge in [-0.3, -0.25) is 9.63 Å². The lowest BCUT2D eigenvalue weighted by atomic mass is 9.82. The predicted molar refractivity (Wildman–Crippen MR) is 135 cm³/mol. The topological polar surface area (TPSA) is 138 Å². The summed E-state index contributed by atoms with van der Waals surface area (Å²) in [6.45, 7) is 10.4. The molecule has 198 valence electrons. The third-order valence-electron chi connectivity index (χ3n) is 5.11. The summed E-state index contributed by atoms with van der Waals surface area (Å²) < 4.78 is 5.45. The second-order valence-corrected chi connectivity index (χ2v) is 10.6. The quantitative estimate of drug-likeness (QED) is 0.433. The number of anilines is 2. The number of aromatic nitrogens is 1. The number of carbonyl (C=O) groups excluding carboxylic acids is 3. The molecular formula is C26H32N4O7. The molecule has 0 saturated carbocycles. The van der Waals surface area contributed by atoms with Gasteiger partial charge in [0, 0.05) is 11.9 Å². The van der Waals surface area contributed by atoms with Crippen LogP contribution in [0.1, 0.15) is 47.1 Å². The van der Waals surface area contributed by atoms with Gasteiger partial charge in [-0.1, -0.05) is 18.2 Å². The van der Waals surface area contributed by atoms with E-state index in [0.717, 1.165) is 5.06 Å². The van der Waals surface area contributed by atoms with Crippen LogP contribution < -0.4 is 10.4 Å². The van der Waals surface area contributed by atoms with Gasteiger partial charge in [0.05, 0.1) is 11.5 Å². The van der Waals surface area contributed by atoms with Crippen molar-refractivity contribution in [1.82, 2.24) is 9.88 Å². The summed E-state index contributed by atoms with van der Waals surface area (Å²) >= 11 is 0. The SMILES string of the molecule is CC(C)(C)OC(=O)N(OC(C)(C)C)c1cc(CC2C(=O)N(C(=O)Nc3ccccc3)C2C(=O)O)ccn1. The molecule has 2 aromatic rings. The van der Waals surface area contributed by atoms with Gasteiger partial charge < -0.3 is 15.2 Å². The highest BCUT2D eigenvalue weighted by Gasteiger charge is 2.54. The number of aliphatic carboxylic acids is 1. The number of pyridine rings is 1. The zero-order valence-corrected chi connectivity index (χ0v) is 21.7. The first-order valence-electron chi connectivity index (χ1n) is 11.8. The van der Waals surface area contributed by atoms with Crippen molar-refractivity contribution in [3.8, 4) is 0 Å². The van der Waals surface area contributed by atoms with Crippen molar-refractivity contribution in [2.75, 3.05) is 10.4 Å². The lowest BCUT2D eigenvalue weighted by Gasteiger charge is -2.42. The maximum Gasteiger partial charge on any atom is 0.440 e. The Balaban J connectivity index is 1.80. The van der Waals surface area contributed by atoms with Crippen molar-refractivity contribution < 1.29 is 33.9 Å². The number of carboxylic acid groups (broad SMARTS) is 1. The van der Waals surface area contributed by atoms with Gasteiger partial charge in [-0.15, -0.1) is 5.06 Å². The van der Waals surface area contributed by atoms with Gasteiger partial charge in [0.1, 0.15) is 5.60 Å². The molecule has 37 heavy (non-hydrogen) atoms. The van der Waals surface area contributed by atoms with Gasteiger partial charge in [0.2, 0.25) is 5.91 Å². The van der Waals surface area contributed by atoms with E-state index in [1.807, 2.05) is 0 Å². The van der Waals surface area contributed by atoms with E-state index in [1.54, 1.807) is 77.9 Å². The number of nitrogens with one attached hydrogen (secondary N) is 1. The summed E-state index contributed by atoms with van der Waals surface area (Å²) in [5.74, 6) is -2.78. The third-order valence-corrected chi connectivity index (χ3v) is 5.11. The average molecular weight is 513 g/mol. The molecule has 1 aliphatic rings. The largest absolute Gasteiger partial charge is 0.480 e. The van der Waals surface area contributed by atoms with Gasteiger partial charge in [0.15, 0.2) is 11.9 Å². The van der Waals surface area contributed by atoms with Gasteiger partial charge in [-0.2, -0.15) is 0 Å². The molecule has 1 saturated heterocycles. The van der Waals surface area contributed by atoms with Crippen LogP contribution in [0, 0.1) is 5.92 Å². The van der Waals surface area contributed by atoms with Crippen LogP contribution in [0.2, 0.25) is 0 Å². The standard InChI is InChI=1S/C26H32N4O7/c1-25(2,3)36-24(35)30(37-26(4,5)6)19-15-16(12-13-27-19)14-18-20(22(32)33)29(21(18)31)23(34)28-17-10-8-7-9-11-17/h7-13,15,18,20H,14H2,1-6H3,(H,28,34)(H,32,33). The number of hydrogen-bond donors (Lipinski definition) is 2. The molecule has 2 atom stereocenters. The number of carbonyl (C=O) groups is 4. The Hall–Kier alpha value is -3.99. The monoisotopic (exact) mass is 512 g/mol. The van der Waals surface area contributed by atoms with Crippen molar-refractivity contribution in [1.29, 1.82) is 0 Å². The number of β-lactam (4-membered cyclic amide) rings is 1. The van der Waals surface area contributed by atoms with Crippen molar-refractivity contribution in [2.45, 2.75) is 65.2 Å². The molecular weight excluding hydrogens is 480 g/mol. The number of benzene rings is 1. The minimum absolute atomic E-state index is 0.0120. The Morgan fingerprint density at radius 2 is 1.70 bits per heavy atom. The van der Waals surface area contributed by atoms with Crippen LogP contribution in [0.3, 0.4) is 0 Å². The summed E-state index contributed by atoms with van der Waals surface area (Å²) in [4.78, 5) is 61.0. The molecule has 1 aliphatic heterocycles. The molecule has 3 rings (SSSR count). The molecule has 0 bridgehead atoms. The van der Waals surface area contributed by atoms with E-state index in [0.29, 0.717) is 16.2 Å². The number of imide groups is 1. The first-order valence-corrected chi connectivity index (χ1v) is 11.8. The summed E-state index contributed by atoms with van der Waals surface area (Å²) in [6.07, 6.45) is 0.657. The smallest absolute Gasteiger partial charge is 0.440 e. The molecule has 11 nitrogen and oxygen atoms in total. The predicted octanol–water partition coefficient (Wildman–Crippen LogP) is 4.24. The van der Waals surface area contributed by atoms with Crippen molar-refractivity contribution in [3.05, 3.63) is 54.2 Å². The number of carboxylic acids is 1. The van der Waals surface area contributed by atoms with E-state index in [4.69, 9.17) is 9.57 Å². The van der Waals surface area contributed by atoms with Gasteiger partial charge in [0.25, 0.3) is 0 Å². The fourth-order valence-electron chi connectivity index (χ4n) is 3.67. The average Bonchev–Trinajstić information content (AvgIpc) is 2.78. The molecule has 1 aromatic carbocycles. The molecule has 0 aliphatic carbocycles. The highest BCUT2D eigenvalue weighted by molar-refractivity contribution is 6.11. The van der Waals surface area contributed by atoms with Crippen LogP contribution in [-0.2, 0) is 25.6 Å². The van der Waals surface area contributed by atoms with Crippen LogP contribution in [-0.4, -0.2) is 56.2 Å². The van der Waals surface area contributed by atoms with Gasteiger partial charge in [-0.05, 0) is 77.8 Å². The van der Waals surface area contributed by atoms with Crippen molar-refractivity contribution >= 4 is 35.5 Å². The van der Waals surface area contributed by atoms with Crippen LogP contribution >= 0.6 is 0 Å². The summed E-state index contributed by atoms with van der Waals surface area (Å²) in [6, 6.07) is 9.40. The first kappa shape index (κ1) is 27.6. The Morgan fingerprint density at radius 1 is 1.05 bits per heavy atom. The second kappa shape index (κ2) is 10.6. The van der Waals surface area contributed by atoms with E-state index in [9.17, 15) is 24.3 Å². The van der Waals surface area contributed by atoms with Crippen LogP contribution in [0.15, 0.2) is 48.7 Å². The number of amides is 4. The van der Waals surface area contributed by atoms with Crippen molar-refractivity contribution in [3.63, 3.8) is 0 Å². The maximum absolute atomic E-state index is 12.9. The second-order valence-electron chi connectivity index (χ2n) is 10.6. The number of rotatable bonds is 6. The van der Waals surface area contributed by atoms with Gasteiger partial charge in [-0.25, -0.2) is 24.3 Å². The molecule has 4 amide bonds. The number of para-hydroxylation sites is 1. The normalized spacial score (nSPS) is 17.6. The number of hydroxylamine groups is 1. The summed E-state index contributed by atoms with van der Waals surface area (Å²) in [5.41, 5.74) is -0.582. The minimum atomic E-state index is -1.35. The summed E-state index contributed by atoms with van der Waals surface area (Å²) in [7, 11) is 0. The lowest BCUT2D eigenvalue weighted by molar-refractivity contribution is -0.165. The highest BCUT2D eigenvalue weighted by atomic mass is 16.7. The Morgan fingerprint density at radius 3 is 2.27 bits per heavy atom. The van der Waals surface area contributed by atoms with Crippen molar-refractivity contribution in [2.24, 2.45) is 5.92 Å². The van der Waals surface area contributed by atoms with E-state index in [2.05, 4.69) is 10.3 Å². The first-order chi connectivity index (χ1) is 17.2. The van der Waals surface area contributed by atoms with Crippen LogP contribution in [0.5, 0.6) is 0 Å². The Labute approximate surface area is 215 Å². The summed E-state index contributed by atoms with van der Waals surface area (Å²) in [5, 5.41) is 13.2. The van der Waals surface area contributed by atoms with Crippen LogP contribution in [0.25, 0.3) is 0 Å². The van der Waals surface area contributed by atoms with E-state index < -0.39 is 47.2 Å². The fraction of sp³-hybridized carbons (Fsp3) is 0.423. The minimum Gasteiger partial charge on any atom is -0.480 e. The number of ether oxygens (including phenoxy) is 1. The van der Waals surface area contributed by atoms with E-state index >= 15 is 0 Å². The Kier molecular flexibility index (Phi) is 7.87. The molecule has 11 heteroatoms. The highest BCUT2D eigenvalue weighted by Crippen LogP contribution is 2.32. The molecule has 1 aromatic heterocycles. The molecule has 0 spiro atoms. The number of likely N-dealkylation sites (tertiary alicyclic amines) is 1. The zero-order valence-electron chi connectivity index (χ0n) is 21.7. The fourth-order valence-corrected chi connectivity index (χ4v) is 3.67. The number of nitrogens with zero attached hydrogens (tertiary/aromatic N) is 3. The maximum atomic E-state index is 12.9. The molecule has 2 heterocycles. The van der Waals surface area contributed by atoms with Gasteiger partial charge >= 0.3 is 18.1 Å². The lowest BCUT2D eigenvalue weighted by Crippen LogP contribution is -2.67. The molecule has 1 fully saturated rings. The number of hydrogen-bond acceptors (Lipinski definition) is 7. The third kappa shape index (κ3) is 7.04. The molecule has 2 unspecified atom stereocenters. The molecule has 2 N–H and O–H groups in total. The zero-order chi connectivity index (χ0) is 27.5. The molecule has 0 radical (unpaired) electrons. The van der Waals surface area contributed by atoms with E-state index in [-0.39, 0.29) is 12.2 Å². The van der Waals surface area contributed by atoms with Crippen LogP contribution in [0.4, 0.5) is 21.1 Å². The Bertz CT molecular complexity index is 1170. The van der Waals surface area contributed by atoms with E-state index in [1.165, 1.54) is 12.3 Å². The number of urea groups is 1.